The Morgan fingerprint density at radius 1 is 1.03 bits per heavy atom. The van der Waals surface area contributed by atoms with Crippen LogP contribution in [0.25, 0.3) is 0 Å². The lowest BCUT2D eigenvalue weighted by Gasteiger charge is -2.26. The Morgan fingerprint density at radius 3 is 2.47 bits per heavy atom. The first kappa shape index (κ1) is 24.3. The summed E-state index contributed by atoms with van der Waals surface area (Å²) in [5.41, 5.74) is 1.76. The Bertz CT molecular complexity index is 1190. The smallest absolute Gasteiger partial charge is 0.243 e. The Morgan fingerprint density at radius 2 is 1.75 bits per heavy atom. The molecule has 0 bridgehead atoms. The fourth-order valence-corrected chi connectivity index (χ4v) is 6.08. The van der Waals surface area contributed by atoms with Crippen LogP contribution in [0, 0.1) is 13.8 Å². The lowest BCUT2D eigenvalue weighted by Crippen LogP contribution is -2.40. The summed E-state index contributed by atoms with van der Waals surface area (Å²) in [4.78, 5) is 12.6. The Labute approximate surface area is 188 Å². The fraction of sp³-hybridized carbons (Fsp3) is 0.381. The molecule has 1 fully saturated rings. The molecular weight excluding hydrogens is 454 g/mol. The quantitative estimate of drug-likeness (QED) is 0.591. The van der Waals surface area contributed by atoms with E-state index in [9.17, 15) is 21.6 Å². The summed E-state index contributed by atoms with van der Waals surface area (Å²) in [7, 11) is -7.43. The van der Waals surface area contributed by atoms with E-state index >= 15 is 0 Å². The predicted octanol–water partition coefficient (Wildman–Crippen LogP) is 1.63. The fourth-order valence-electron chi connectivity index (χ4n) is 3.27. The van der Waals surface area contributed by atoms with Crippen LogP contribution in [-0.4, -0.2) is 59.9 Å². The van der Waals surface area contributed by atoms with Gasteiger partial charge in [0.15, 0.2) is 0 Å². The second-order valence-electron chi connectivity index (χ2n) is 7.51. The monoisotopic (exact) mass is 481 g/mol. The van der Waals surface area contributed by atoms with E-state index in [-0.39, 0.29) is 35.8 Å². The van der Waals surface area contributed by atoms with E-state index in [2.05, 4.69) is 10.0 Å². The number of nitrogens with zero attached hydrogens (tertiary/aromatic N) is 1. The van der Waals surface area contributed by atoms with Gasteiger partial charge in [-0.3, -0.25) is 4.79 Å². The number of sulfonamides is 2. The number of anilines is 1. The van der Waals surface area contributed by atoms with Crippen molar-refractivity contribution in [2.75, 3.05) is 38.2 Å². The zero-order valence-corrected chi connectivity index (χ0v) is 19.6. The van der Waals surface area contributed by atoms with Gasteiger partial charge in [0.1, 0.15) is 0 Å². The summed E-state index contributed by atoms with van der Waals surface area (Å²) < 4.78 is 59.6. The lowest BCUT2D eigenvalue weighted by atomic mass is 10.2. The summed E-state index contributed by atoms with van der Waals surface area (Å²) in [6, 6.07) is 11.1. The summed E-state index contributed by atoms with van der Waals surface area (Å²) >= 11 is 0. The van der Waals surface area contributed by atoms with Gasteiger partial charge in [-0.25, -0.2) is 21.6 Å². The van der Waals surface area contributed by atoms with Gasteiger partial charge < -0.3 is 10.1 Å². The maximum Gasteiger partial charge on any atom is 0.243 e. The van der Waals surface area contributed by atoms with Crippen molar-refractivity contribution in [3.63, 3.8) is 0 Å². The highest BCUT2D eigenvalue weighted by Crippen LogP contribution is 2.21. The molecule has 2 aromatic carbocycles. The molecule has 1 aliphatic heterocycles. The number of amides is 1. The molecule has 11 heteroatoms. The number of carbonyl (C=O) groups excluding carboxylic acids is 1. The molecule has 2 N–H and O–H groups in total. The van der Waals surface area contributed by atoms with Crippen molar-refractivity contribution in [2.45, 2.75) is 30.1 Å². The molecule has 32 heavy (non-hydrogen) atoms. The van der Waals surface area contributed by atoms with Crippen molar-refractivity contribution in [3.05, 3.63) is 53.6 Å². The van der Waals surface area contributed by atoms with Crippen LogP contribution in [0.4, 0.5) is 5.69 Å². The molecule has 9 nitrogen and oxygen atoms in total. The van der Waals surface area contributed by atoms with E-state index < -0.39 is 26.0 Å². The third-order valence-electron chi connectivity index (χ3n) is 5.00. The summed E-state index contributed by atoms with van der Waals surface area (Å²) in [5.74, 6) is -0.436. The third-order valence-corrected chi connectivity index (χ3v) is 8.50. The number of hydrogen-bond acceptors (Lipinski definition) is 6. The Kier molecular flexibility index (Phi) is 7.67. The first-order valence-electron chi connectivity index (χ1n) is 10.1. The molecule has 0 radical (unpaired) electrons. The van der Waals surface area contributed by atoms with Gasteiger partial charge in [-0.1, -0.05) is 18.2 Å². The average Bonchev–Trinajstić information content (AvgIpc) is 2.76. The average molecular weight is 482 g/mol. The van der Waals surface area contributed by atoms with Crippen molar-refractivity contribution in [1.82, 2.24) is 9.03 Å². The topological polar surface area (TPSA) is 122 Å². The lowest BCUT2D eigenvalue weighted by molar-refractivity contribution is -0.116. The highest BCUT2D eigenvalue weighted by Gasteiger charge is 2.26. The van der Waals surface area contributed by atoms with Gasteiger partial charge in [0.2, 0.25) is 26.0 Å². The molecule has 1 amide bonds. The number of rotatable bonds is 8. The van der Waals surface area contributed by atoms with Gasteiger partial charge in [-0.2, -0.15) is 4.31 Å². The van der Waals surface area contributed by atoms with Crippen molar-refractivity contribution in [1.29, 1.82) is 0 Å². The number of nitrogens with one attached hydrogen (secondary N) is 2. The summed E-state index contributed by atoms with van der Waals surface area (Å²) in [5, 5.41) is 2.62. The van der Waals surface area contributed by atoms with Crippen molar-refractivity contribution >= 4 is 31.6 Å². The van der Waals surface area contributed by atoms with Gasteiger partial charge in [0.25, 0.3) is 0 Å². The third kappa shape index (κ3) is 5.93. The molecule has 0 aliphatic carbocycles. The van der Waals surface area contributed by atoms with Crippen molar-refractivity contribution in [2.24, 2.45) is 0 Å². The standard InChI is InChI=1S/C21H27N3O6S2/c1-16-6-7-17(2)20(14-16)31(26,27)22-9-8-21(25)23-18-4-3-5-19(15-18)32(28,29)24-10-12-30-13-11-24/h3-7,14-15,22H,8-13H2,1-2H3,(H,23,25). The number of ether oxygens (including phenoxy) is 1. The number of hydrogen-bond donors (Lipinski definition) is 2. The van der Waals surface area contributed by atoms with Crippen LogP contribution >= 0.6 is 0 Å². The van der Waals surface area contributed by atoms with Crippen LogP contribution in [-0.2, 0) is 29.6 Å². The Balaban J connectivity index is 1.60. The van der Waals surface area contributed by atoms with E-state index in [1.54, 1.807) is 38.1 Å². The van der Waals surface area contributed by atoms with Gasteiger partial charge in [-0.15, -0.1) is 0 Å². The van der Waals surface area contributed by atoms with Crippen LogP contribution in [0.2, 0.25) is 0 Å². The summed E-state index contributed by atoms with van der Waals surface area (Å²) in [6.45, 7) is 4.66. The van der Waals surface area contributed by atoms with Crippen molar-refractivity contribution < 1.29 is 26.4 Å². The maximum absolute atomic E-state index is 12.8. The molecule has 174 valence electrons. The molecular formula is C21H27N3O6S2. The highest BCUT2D eigenvalue weighted by atomic mass is 32.2. The van der Waals surface area contributed by atoms with Gasteiger partial charge in [0.05, 0.1) is 23.0 Å². The van der Waals surface area contributed by atoms with Crippen LogP contribution in [0.5, 0.6) is 0 Å². The number of carbonyl (C=O) groups is 1. The minimum Gasteiger partial charge on any atom is -0.379 e. The maximum atomic E-state index is 12.8. The number of aryl methyl sites for hydroxylation is 2. The van der Waals surface area contributed by atoms with E-state index in [0.717, 1.165) is 5.56 Å². The van der Waals surface area contributed by atoms with Crippen LogP contribution < -0.4 is 10.0 Å². The summed E-state index contributed by atoms with van der Waals surface area (Å²) in [6.07, 6.45) is -0.107. The van der Waals surface area contributed by atoms with Crippen LogP contribution in [0.15, 0.2) is 52.3 Å². The molecule has 3 rings (SSSR count). The van der Waals surface area contributed by atoms with Crippen molar-refractivity contribution in [3.8, 4) is 0 Å². The largest absolute Gasteiger partial charge is 0.379 e. The minimum absolute atomic E-state index is 0.0767. The Hall–Kier alpha value is -2.31. The second-order valence-corrected chi connectivity index (χ2v) is 11.2. The van der Waals surface area contributed by atoms with Gasteiger partial charge >= 0.3 is 0 Å². The molecule has 2 aromatic rings. The first-order chi connectivity index (χ1) is 15.1. The van der Waals surface area contributed by atoms with Gasteiger partial charge in [-0.05, 0) is 49.2 Å². The molecule has 0 saturated carbocycles. The molecule has 0 atom stereocenters. The predicted molar refractivity (Wildman–Crippen MR) is 120 cm³/mol. The first-order valence-corrected chi connectivity index (χ1v) is 13.1. The zero-order chi connectivity index (χ0) is 23.4. The van der Waals surface area contributed by atoms with Crippen LogP contribution in [0.1, 0.15) is 17.5 Å². The second kappa shape index (κ2) is 10.1. The molecule has 0 spiro atoms. The SMILES string of the molecule is Cc1ccc(C)c(S(=O)(=O)NCCC(=O)Nc2cccc(S(=O)(=O)N3CCOCC3)c2)c1. The number of morpholine rings is 1. The van der Waals surface area contributed by atoms with Gasteiger partial charge in [0, 0.05) is 31.7 Å². The van der Waals surface area contributed by atoms with E-state index in [1.165, 1.54) is 16.4 Å². The molecule has 0 aromatic heterocycles. The normalized spacial score (nSPS) is 15.4. The molecule has 1 aliphatic rings. The van der Waals surface area contributed by atoms with Crippen LogP contribution in [0.3, 0.4) is 0 Å². The zero-order valence-electron chi connectivity index (χ0n) is 18.0. The number of benzene rings is 2. The van der Waals surface area contributed by atoms with E-state index in [1.807, 2.05) is 6.07 Å². The molecule has 1 heterocycles. The minimum atomic E-state index is -3.75. The van der Waals surface area contributed by atoms with E-state index in [0.29, 0.717) is 24.5 Å². The molecule has 1 saturated heterocycles. The van der Waals surface area contributed by atoms with E-state index in [4.69, 9.17) is 4.74 Å². The highest BCUT2D eigenvalue weighted by molar-refractivity contribution is 7.89. The molecule has 0 unspecified atom stereocenters.